The van der Waals surface area contributed by atoms with Gasteiger partial charge in [0.2, 0.25) is 5.91 Å². The second-order valence-electron chi connectivity index (χ2n) is 4.31. The number of hydrogen-bond acceptors (Lipinski definition) is 3. The third kappa shape index (κ3) is 3.71. The molecule has 1 fully saturated rings. The van der Waals surface area contributed by atoms with Crippen LogP contribution in [-0.4, -0.2) is 23.5 Å². The summed E-state index contributed by atoms with van der Waals surface area (Å²) in [5, 5.41) is 12.5. The molecular weight excluding hydrogens is 220 g/mol. The van der Waals surface area contributed by atoms with Gasteiger partial charge in [0.1, 0.15) is 5.92 Å². The Labute approximate surface area is 102 Å². The van der Waals surface area contributed by atoms with Gasteiger partial charge in [-0.1, -0.05) is 6.92 Å². The number of rotatable bonds is 4. The highest BCUT2D eigenvalue weighted by Gasteiger charge is 2.24. The van der Waals surface area contributed by atoms with Crippen molar-refractivity contribution in [1.82, 2.24) is 5.32 Å². The van der Waals surface area contributed by atoms with Gasteiger partial charge in [0.05, 0.1) is 6.07 Å². The molecule has 0 aromatic rings. The topological polar surface area (TPSA) is 52.9 Å². The number of nitrogens with zero attached hydrogens (tertiary/aromatic N) is 1. The Balaban J connectivity index is 2.34. The van der Waals surface area contributed by atoms with Crippen LogP contribution in [0.1, 0.15) is 39.0 Å². The molecule has 90 valence electrons. The molecule has 0 spiro atoms. The fourth-order valence-corrected chi connectivity index (χ4v) is 2.82. The maximum Gasteiger partial charge on any atom is 0.237 e. The van der Waals surface area contributed by atoms with Gasteiger partial charge in [-0.15, -0.1) is 0 Å². The Bertz CT molecular complexity index is 267. The standard InChI is InChI=1S/C12H20N2OS/c1-3-9(8-13)12(15)14-10-4-6-11(16-2)7-5-10/h9-11H,3-7H2,1-2H3,(H,14,15). The molecule has 1 aliphatic rings. The van der Waals surface area contributed by atoms with Crippen molar-refractivity contribution in [3.63, 3.8) is 0 Å². The summed E-state index contributed by atoms with van der Waals surface area (Å²) < 4.78 is 0. The van der Waals surface area contributed by atoms with Crippen LogP contribution in [0.25, 0.3) is 0 Å². The number of amides is 1. The molecule has 0 aromatic heterocycles. The summed E-state index contributed by atoms with van der Waals surface area (Å²) in [7, 11) is 0. The van der Waals surface area contributed by atoms with Crippen molar-refractivity contribution in [2.45, 2.75) is 50.3 Å². The van der Waals surface area contributed by atoms with Crippen LogP contribution in [0.4, 0.5) is 0 Å². The van der Waals surface area contributed by atoms with Crippen molar-refractivity contribution < 1.29 is 4.79 Å². The largest absolute Gasteiger partial charge is 0.352 e. The van der Waals surface area contributed by atoms with Gasteiger partial charge in [-0.25, -0.2) is 0 Å². The summed E-state index contributed by atoms with van der Waals surface area (Å²) in [5.41, 5.74) is 0. The molecule has 1 amide bonds. The average molecular weight is 240 g/mol. The normalized spacial score (nSPS) is 26.8. The molecule has 16 heavy (non-hydrogen) atoms. The first-order valence-electron chi connectivity index (χ1n) is 5.94. The highest BCUT2D eigenvalue weighted by atomic mass is 32.2. The molecule has 1 aliphatic carbocycles. The molecule has 0 radical (unpaired) electrons. The zero-order valence-electron chi connectivity index (χ0n) is 10.0. The smallest absolute Gasteiger partial charge is 0.237 e. The van der Waals surface area contributed by atoms with Gasteiger partial charge in [-0.2, -0.15) is 17.0 Å². The molecule has 0 heterocycles. The van der Waals surface area contributed by atoms with Gasteiger partial charge >= 0.3 is 0 Å². The van der Waals surface area contributed by atoms with E-state index in [0.717, 1.165) is 18.1 Å². The number of carbonyl (C=O) groups is 1. The minimum absolute atomic E-state index is 0.0856. The van der Waals surface area contributed by atoms with E-state index in [1.807, 2.05) is 24.8 Å². The highest BCUT2D eigenvalue weighted by Crippen LogP contribution is 2.26. The van der Waals surface area contributed by atoms with Crippen LogP contribution >= 0.6 is 11.8 Å². The van der Waals surface area contributed by atoms with E-state index in [9.17, 15) is 4.79 Å². The Kier molecular flexibility index (Phi) is 5.68. The number of carbonyl (C=O) groups excluding carboxylic acids is 1. The lowest BCUT2D eigenvalue weighted by atomic mass is 9.94. The van der Waals surface area contributed by atoms with Gasteiger partial charge in [-0.05, 0) is 38.4 Å². The Hall–Kier alpha value is -0.690. The summed E-state index contributed by atoms with van der Waals surface area (Å²) in [4.78, 5) is 11.7. The van der Waals surface area contributed by atoms with Gasteiger partial charge in [0, 0.05) is 11.3 Å². The Morgan fingerprint density at radius 1 is 1.50 bits per heavy atom. The molecule has 0 saturated heterocycles. The zero-order valence-corrected chi connectivity index (χ0v) is 10.8. The molecule has 3 nitrogen and oxygen atoms in total. The Morgan fingerprint density at radius 3 is 2.56 bits per heavy atom. The zero-order chi connectivity index (χ0) is 12.0. The molecule has 1 atom stereocenters. The van der Waals surface area contributed by atoms with Crippen LogP contribution in [-0.2, 0) is 4.79 Å². The van der Waals surface area contributed by atoms with Crippen molar-refractivity contribution in [2.24, 2.45) is 5.92 Å². The summed E-state index contributed by atoms with van der Waals surface area (Å²) in [6.07, 6.45) is 7.21. The number of nitriles is 1. The third-order valence-electron chi connectivity index (χ3n) is 3.23. The molecule has 0 aliphatic heterocycles. The van der Waals surface area contributed by atoms with Crippen molar-refractivity contribution in [1.29, 1.82) is 5.26 Å². The van der Waals surface area contributed by atoms with E-state index in [1.54, 1.807) is 0 Å². The maximum absolute atomic E-state index is 11.7. The second-order valence-corrected chi connectivity index (χ2v) is 5.45. The minimum atomic E-state index is -0.474. The van der Waals surface area contributed by atoms with E-state index in [2.05, 4.69) is 11.6 Å². The van der Waals surface area contributed by atoms with E-state index in [4.69, 9.17) is 5.26 Å². The molecule has 1 N–H and O–H groups in total. The van der Waals surface area contributed by atoms with E-state index >= 15 is 0 Å². The fraction of sp³-hybridized carbons (Fsp3) is 0.833. The summed E-state index contributed by atoms with van der Waals surface area (Å²) >= 11 is 1.92. The van der Waals surface area contributed by atoms with E-state index in [0.29, 0.717) is 12.5 Å². The van der Waals surface area contributed by atoms with Crippen molar-refractivity contribution >= 4 is 17.7 Å². The van der Waals surface area contributed by atoms with Crippen molar-refractivity contribution in [3.8, 4) is 6.07 Å². The quantitative estimate of drug-likeness (QED) is 0.820. The fourth-order valence-electron chi connectivity index (χ4n) is 2.08. The van der Waals surface area contributed by atoms with E-state index in [-0.39, 0.29) is 5.91 Å². The predicted molar refractivity (Wildman–Crippen MR) is 67.1 cm³/mol. The molecule has 0 aromatic carbocycles. The third-order valence-corrected chi connectivity index (χ3v) is 4.37. The lowest BCUT2D eigenvalue weighted by Crippen LogP contribution is -2.40. The first kappa shape index (κ1) is 13.4. The predicted octanol–water partition coefficient (Wildman–Crippen LogP) is 2.33. The summed E-state index contributed by atoms with van der Waals surface area (Å²) in [6.45, 7) is 1.87. The highest BCUT2D eigenvalue weighted by molar-refractivity contribution is 7.99. The van der Waals surface area contributed by atoms with Crippen LogP contribution in [0, 0.1) is 17.2 Å². The molecule has 1 saturated carbocycles. The van der Waals surface area contributed by atoms with Crippen LogP contribution in [0.5, 0.6) is 0 Å². The average Bonchev–Trinajstić information content (AvgIpc) is 2.31. The minimum Gasteiger partial charge on any atom is -0.352 e. The number of hydrogen-bond donors (Lipinski definition) is 1. The summed E-state index contributed by atoms with van der Waals surface area (Å²) in [6, 6.07) is 2.33. The van der Waals surface area contributed by atoms with Crippen LogP contribution < -0.4 is 5.32 Å². The van der Waals surface area contributed by atoms with Crippen LogP contribution in [0.15, 0.2) is 0 Å². The molecule has 1 unspecified atom stereocenters. The SMILES string of the molecule is CCC(C#N)C(=O)NC1CCC(SC)CC1. The van der Waals surface area contributed by atoms with Crippen molar-refractivity contribution in [3.05, 3.63) is 0 Å². The van der Waals surface area contributed by atoms with Gasteiger partial charge in [-0.3, -0.25) is 4.79 Å². The molecule has 0 bridgehead atoms. The summed E-state index contributed by atoms with van der Waals surface area (Å²) in [5.74, 6) is -0.559. The van der Waals surface area contributed by atoms with Crippen LogP contribution in [0.2, 0.25) is 0 Å². The molecule has 4 heteroatoms. The van der Waals surface area contributed by atoms with Crippen molar-refractivity contribution in [2.75, 3.05) is 6.26 Å². The maximum atomic E-state index is 11.7. The molecule has 1 rings (SSSR count). The van der Waals surface area contributed by atoms with Gasteiger partial charge in [0.15, 0.2) is 0 Å². The second kappa shape index (κ2) is 6.80. The monoisotopic (exact) mass is 240 g/mol. The number of thioether (sulfide) groups is 1. The lowest BCUT2D eigenvalue weighted by molar-refractivity contribution is -0.124. The Morgan fingerprint density at radius 2 is 2.12 bits per heavy atom. The van der Waals surface area contributed by atoms with Crippen LogP contribution in [0.3, 0.4) is 0 Å². The van der Waals surface area contributed by atoms with E-state index < -0.39 is 5.92 Å². The van der Waals surface area contributed by atoms with Gasteiger partial charge in [0.25, 0.3) is 0 Å². The first-order valence-corrected chi connectivity index (χ1v) is 7.22. The number of nitrogens with one attached hydrogen (secondary N) is 1. The molecular formula is C12H20N2OS. The van der Waals surface area contributed by atoms with Gasteiger partial charge < -0.3 is 5.32 Å². The first-order chi connectivity index (χ1) is 7.71. The lowest BCUT2D eigenvalue weighted by Gasteiger charge is -2.28. The van der Waals surface area contributed by atoms with E-state index in [1.165, 1.54) is 12.8 Å².